The number of aliphatic hydroxyl groups excluding tert-OH is 1. The van der Waals surface area contributed by atoms with E-state index >= 15 is 0 Å². The van der Waals surface area contributed by atoms with Gasteiger partial charge in [-0.15, -0.1) is 0 Å². The number of fused-ring (bicyclic) bond motifs is 1. The first kappa shape index (κ1) is 9.44. The smallest absolute Gasteiger partial charge is 0.0667 e. The average Bonchev–Trinajstić information content (AvgIpc) is 2.45. The second-order valence-electron chi connectivity index (χ2n) is 4.40. The molecular weight excluding hydrogens is 166 g/mol. The molecule has 0 aromatic rings. The molecule has 2 aliphatic heterocycles. The lowest BCUT2D eigenvalue weighted by Gasteiger charge is -2.31. The van der Waals surface area contributed by atoms with E-state index in [0.29, 0.717) is 18.0 Å². The summed E-state index contributed by atoms with van der Waals surface area (Å²) in [5.74, 6) is 0.651. The van der Waals surface area contributed by atoms with Gasteiger partial charge in [0, 0.05) is 18.7 Å². The van der Waals surface area contributed by atoms with Gasteiger partial charge in [0.05, 0.1) is 12.7 Å². The Morgan fingerprint density at radius 1 is 1.54 bits per heavy atom. The fourth-order valence-electron chi connectivity index (χ4n) is 2.81. The van der Waals surface area contributed by atoms with Crippen molar-refractivity contribution in [2.45, 2.75) is 38.0 Å². The van der Waals surface area contributed by atoms with Gasteiger partial charge in [-0.05, 0) is 32.7 Å². The molecule has 1 N–H and O–H groups in total. The Bertz CT molecular complexity index is 182. The molecule has 0 aromatic carbocycles. The molecule has 0 aliphatic carbocycles. The van der Waals surface area contributed by atoms with E-state index in [1.54, 1.807) is 0 Å². The SMILES string of the molecule is CC(O)C1CC2COCCC2N1C. The Balaban J connectivity index is 2.05. The molecule has 2 heterocycles. The van der Waals surface area contributed by atoms with E-state index in [4.69, 9.17) is 4.74 Å². The van der Waals surface area contributed by atoms with E-state index in [2.05, 4.69) is 11.9 Å². The fourth-order valence-corrected chi connectivity index (χ4v) is 2.81. The minimum Gasteiger partial charge on any atom is -0.392 e. The number of likely N-dealkylation sites (tertiary alicyclic amines) is 1. The van der Waals surface area contributed by atoms with Gasteiger partial charge >= 0.3 is 0 Å². The van der Waals surface area contributed by atoms with Gasteiger partial charge in [0.2, 0.25) is 0 Å². The molecule has 3 heteroatoms. The van der Waals surface area contributed by atoms with Gasteiger partial charge in [0.1, 0.15) is 0 Å². The monoisotopic (exact) mass is 185 g/mol. The van der Waals surface area contributed by atoms with Crippen LogP contribution in [0, 0.1) is 5.92 Å². The number of ether oxygens (including phenoxy) is 1. The van der Waals surface area contributed by atoms with Gasteiger partial charge < -0.3 is 9.84 Å². The Hall–Kier alpha value is -0.120. The molecule has 0 spiro atoms. The quantitative estimate of drug-likeness (QED) is 0.645. The molecule has 4 unspecified atom stereocenters. The van der Waals surface area contributed by atoms with Crippen molar-refractivity contribution < 1.29 is 9.84 Å². The first-order valence-electron chi connectivity index (χ1n) is 5.18. The lowest BCUT2D eigenvalue weighted by atomic mass is 9.95. The third-order valence-electron chi connectivity index (χ3n) is 3.58. The summed E-state index contributed by atoms with van der Waals surface area (Å²) in [5, 5.41) is 9.59. The summed E-state index contributed by atoms with van der Waals surface area (Å²) in [6.45, 7) is 3.66. The van der Waals surface area contributed by atoms with Crippen molar-refractivity contribution in [2.75, 3.05) is 20.3 Å². The highest BCUT2D eigenvalue weighted by Gasteiger charge is 2.41. The molecule has 0 saturated carbocycles. The highest BCUT2D eigenvalue weighted by atomic mass is 16.5. The molecule has 2 saturated heterocycles. The highest BCUT2D eigenvalue weighted by molar-refractivity contribution is 4.95. The molecular formula is C10H19NO2. The number of aliphatic hydroxyl groups is 1. The second kappa shape index (κ2) is 3.56. The molecule has 0 bridgehead atoms. The lowest BCUT2D eigenvalue weighted by Crippen LogP contribution is -2.41. The fraction of sp³-hybridized carbons (Fsp3) is 1.00. The molecule has 4 atom stereocenters. The zero-order valence-corrected chi connectivity index (χ0v) is 8.44. The maximum absolute atomic E-state index is 9.59. The maximum Gasteiger partial charge on any atom is 0.0667 e. The van der Waals surface area contributed by atoms with E-state index in [-0.39, 0.29) is 6.10 Å². The Morgan fingerprint density at radius 2 is 2.31 bits per heavy atom. The van der Waals surface area contributed by atoms with E-state index in [0.717, 1.165) is 26.1 Å². The van der Waals surface area contributed by atoms with Crippen LogP contribution in [-0.4, -0.2) is 48.5 Å². The van der Waals surface area contributed by atoms with Crippen LogP contribution < -0.4 is 0 Å². The molecule has 13 heavy (non-hydrogen) atoms. The Kier molecular flexibility index (Phi) is 2.58. The van der Waals surface area contributed by atoms with Crippen LogP contribution in [0.1, 0.15) is 19.8 Å². The largest absolute Gasteiger partial charge is 0.392 e. The van der Waals surface area contributed by atoms with Gasteiger partial charge in [-0.2, -0.15) is 0 Å². The second-order valence-corrected chi connectivity index (χ2v) is 4.40. The predicted molar refractivity (Wildman–Crippen MR) is 50.6 cm³/mol. The predicted octanol–water partition coefficient (Wildman–Crippen LogP) is 0.476. The molecule has 2 aliphatic rings. The van der Waals surface area contributed by atoms with Crippen LogP contribution in [0.5, 0.6) is 0 Å². The van der Waals surface area contributed by atoms with E-state index in [1.807, 2.05) is 6.92 Å². The average molecular weight is 185 g/mol. The van der Waals surface area contributed by atoms with Crippen LogP contribution in [0.25, 0.3) is 0 Å². The first-order chi connectivity index (χ1) is 6.20. The van der Waals surface area contributed by atoms with Crippen LogP contribution >= 0.6 is 0 Å². The van der Waals surface area contributed by atoms with Crippen molar-refractivity contribution in [1.82, 2.24) is 4.90 Å². The number of nitrogens with zero attached hydrogens (tertiary/aromatic N) is 1. The van der Waals surface area contributed by atoms with Gasteiger partial charge in [0.25, 0.3) is 0 Å². The van der Waals surface area contributed by atoms with Crippen LogP contribution in [-0.2, 0) is 4.74 Å². The van der Waals surface area contributed by atoms with Crippen molar-refractivity contribution in [2.24, 2.45) is 5.92 Å². The summed E-state index contributed by atoms with van der Waals surface area (Å²) in [5.41, 5.74) is 0. The number of hydrogen-bond acceptors (Lipinski definition) is 3. The van der Waals surface area contributed by atoms with E-state index in [9.17, 15) is 5.11 Å². The molecule has 0 radical (unpaired) electrons. The lowest BCUT2D eigenvalue weighted by molar-refractivity contribution is 0.0202. The first-order valence-corrected chi connectivity index (χ1v) is 5.18. The van der Waals surface area contributed by atoms with Crippen molar-refractivity contribution in [3.05, 3.63) is 0 Å². The zero-order chi connectivity index (χ0) is 9.42. The zero-order valence-electron chi connectivity index (χ0n) is 8.44. The summed E-state index contributed by atoms with van der Waals surface area (Å²) >= 11 is 0. The minimum atomic E-state index is -0.212. The van der Waals surface area contributed by atoms with Crippen molar-refractivity contribution in [1.29, 1.82) is 0 Å². The normalized spacial score (nSPS) is 43.2. The van der Waals surface area contributed by atoms with Crippen molar-refractivity contribution in [3.8, 4) is 0 Å². The van der Waals surface area contributed by atoms with E-state index < -0.39 is 0 Å². The molecule has 0 amide bonds. The summed E-state index contributed by atoms with van der Waals surface area (Å²) in [6, 6.07) is 0.991. The van der Waals surface area contributed by atoms with Crippen LogP contribution in [0.3, 0.4) is 0 Å². The van der Waals surface area contributed by atoms with Gasteiger partial charge in [-0.25, -0.2) is 0 Å². The number of likely N-dealkylation sites (N-methyl/N-ethyl adjacent to an activating group) is 1. The molecule has 2 fully saturated rings. The van der Waals surface area contributed by atoms with Crippen molar-refractivity contribution in [3.63, 3.8) is 0 Å². The van der Waals surface area contributed by atoms with Gasteiger partial charge in [-0.3, -0.25) is 4.90 Å². The van der Waals surface area contributed by atoms with Crippen molar-refractivity contribution >= 4 is 0 Å². The van der Waals surface area contributed by atoms with Gasteiger partial charge in [0.15, 0.2) is 0 Å². The van der Waals surface area contributed by atoms with Crippen LogP contribution in [0.4, 0.5) is 0 Å². The third-order valence-corrected chi connectivity index (χ3v) is 3.58. The molecule has 76 valence electrons. The molecule has 3 nitrogen and oxygen atoms in total. The maximum atomic E-state index is 9.59. The minimum absolute atomic E-state index is 0.212. The molecule has 2 rings (SSSR count). The summed E-state index contributed by atoms with van der Waals surface area (Å²) in [7, 11) is 2.13. The highest BCUT2D eigenvalue weighted by Crippen LogP contribution is 2.34. The van der Waals surface area contributed by atoms with E-state index in [1.165, 1.54) is 0 Å². The van der Waals surface area contributed by atoms with Crippen LogP contribution in [0.2, 0.25) is 0 Å². The summed E-state index contributed by atoms with van der Waals surface area (Å²) < 4.78 is 5.45. The summed E-state index contributed by atoms with van der Waals surface area (Å²) in [4.78, 5) is 2.35. The summed E-state index contributed by atoms with van der Waals surface area (Å²) in [6.07, 6.45) is 2.01. The third kappa shape index (κ3) is 1.60. The standard InChI is InChI=1S/C10H19NO2/c1-7(12)10-5-8-6-13-4-3-9(8)11(10)2/h7-10,12H,3-6H2,1-2H3. The Labute approximate surface area is 79.7 Å². The molecule has 0 aromatic heterocycles. The number of rotatable bonds is 1. The van der Waals surface area contributed by atoms with Crippen LogP contribution in [0.15, 0.2) is 0 Å². The Morgan fingerprint density at radius 3 is 2.92 bits per heavy atom. The number of hydrogen-bond donors (Lipinski definition) is 1. The van der Waals surface area contributed by atoms with Gasteiger partial charge in [-0.1, -0.05) is 0 Å². The topological polar surface area (TPSA) is 32.7 Å².